The molecule has 0 saturated heterocycles. The maximum Gasteiger partial charge on any atom is 0.274 e. The maximum absolute atomic E-state index is 11.9. The van der Waals surface area contributed by atoms with Crippen LogP contribution in [0.25, 0.3) is 0 Å². The van der Waals surface area contributed by atoms with Gasteiger partial charge in [-0.15, -0.1) is 0 Å². The Kier molecular flexibility index (Phi) is 4.73. The van der Waals surface area contributed by atoms with E-state index in [-0.39, 0.29) is 11.8 Å². The summed E-state index contributed by atoms with van der Waals surface area (Å²) in [5.41, 5.74) is 4.42. The van der Waals surface area contributed by atoms with Gasteiger partial charge < -0.3 is 9.73 Å². The summed E-state index contributed by atoms with van der Waals surface area (Å²) in [6.07, 6.45) is 1.53. The lowest BCUT2D eigenvalue weighted by Gasteiger charge is -2.01. The summed E-state index contributed by atoms with van der Waals surface area (Å²) in [7, 11) is 0. The molecule has 2 N–H and O–H groups in total. The maximum atomic E-state index is 11.9. The number of hydrazone groups is 1. The van der Waals surface area contributed by atoms with Crippen molar-refractivity contribution in [3.05, 3.63) is 53.0 Å². The van der Waals surface area contributed by atoms with Gasteiger partial charge in [0.15, 0.2) is 0 Å². The first-order valence-electron chi connectivity index (χ1n) is 6.74. The molecule has 1 aromatic heterocycles. The van der Waals surface area contributed by atoms with Gasteiger partial charge in [-0.3, -0.25) is 9.59 Å². The standard InChI is InChI=1S/C16H17N3O3/c1-10-8-15(11(2)22-10)16(21)19-17-9-13-4-6-14(7-5-13)18-12(3)20/h4-9H,1-3H3,(H,18,20)(H,19,21)/b17-9+. The van der Waals surface area contributed by atoms with Crippen LogP contribution >= 0.6 is 0 Å². The molecule has 22 heavy (non-hydrogen) atoms. The van der Waals surface area contributed by atoms with Gasteiger partial charge in [-0.25, -0.2) is 5.43 Å². The summed E-state index contributed by atoms with van der Waals surface area (Å²) < 4.78 is 5.30. The smallest absolute Gasteiger partial charge is 0.274 e. The predicted octanol–water partition coefficient (Wildman–Crippen LogP) is 2.62. The monoisotopic (exact) mass is 299 g/mol. The predicted molar refractivity (Wildman–Crippen MR) is 84.0 cm³/mol. The number of hydrogen-bond donors (Lipinski definition) is 2. The van der Waals surface area contributed by atoms with E-state index in [1.54, 1.807) is 44.2 Å². The van der Waals surface area contributed by atoms with Gasteiger partial charge in [0.25, 0.3) is 5.91 Å². The second kappa shape index (κ2) is 6.71. The number of carbonyl (C=O) groups is 2. The number of benzene rings is 1. The number of nitrogens with zero attached hydrogens (tertiary/aromatic N) is 1. The van der Waals surface area contributed by atoms with E-state index in [0.717, 1.165) is 5.56 Å². The molecule has 1 aromatic carbocycles. The molecule has 0 radical (unpaired) electrons. The lowest BCUT2D eigenvalue weighted by atomic mass is 10.2. The number of furan rings is 1. The van der Waals surface area contributed by atoms with E-state index in [0.29, 0.717) is 22.8 Å². The van der Waals surface area contributed by atoms with Crippen LogP contribution in [0.3, 0.4) is 0 Å². The van der Waals surface area contributed by atoms with Crippen LogP contribution in [0.4, 0.5) is 5.69 Å². The number of aryl methyl sites for hydroxylation is 2. The van der Waals surface area contributed by atoms with Gasteiger partial charge in [0.05, 0.1) is 11.8 Å². The highest BCUT2D eigenvalue weighted by Crippen LogP contribution is 2.13. The van der Waals surface area contributed by atoms with Crippen LogP contribution in [0.1, 0.15) is 34.4 Å². The molecule has 2 amide bonds. The molecule has 0 aliphatic carbocycles. The van der Waals surface area contributed by atoms with Crippen molar-refractivity contribution in [2.75, 3.05) is 5.32 Å². The van der Waals surface area contributed by atoms with Crippen molar-refractivity contribution >= 4 is 23.7 Å². The first-order chi connectivity index (χ1) is 10.5. The van der Waals surface area contributed by atoms with Gasteiger partial charge in [0.2, 0.25) is 5.91 Å². The summed E-state index contributed by atoms with van der Waals surface area (Å²) in [6, 6.07) is 8.76. The third-order valence-electron chi connectivity index (χ3n) is 2.90. The molecule has 0 fully saturated rings. The summed E-state index contributed by atoms with van der Waals surface area (Å²) in [5, 5.41) is 6.58. The van der Waals surface area contributed by atoms with Crippen LogP contribution in [-0.2, 0) is 4.79 Å². The minimum atomic E-state index is -0.319. The zero-order valence-corrected chi connectivity index (χ0v) is 12.6. The molecule has 6 heteroatoms. The van der Waals surface area contributed by atoms with Gasteiger partial charge in [-0.1, -0.05) is 12.1 Å². The fraction of sp³-hybridized carbons (Fsp3) is 0.188. The SMILES string of the molecule is CC(=O)Nc1ccc(/C=N/NC(=O)c2cc(C)oc2C)cc1. The Morgan fingerprint density at radius 2 is 1.86 bits per heavy atom. The van der Waals surface area contributed by atoms with Gasteiger partial charge >= 0.3 is 0 Å². The Labute approximate surface area is 128 Å². The van der Waals surface area contributed by atoms with E-state index in [9.17, 15) is 9.59 Å². The number of hydrogen-bond acceptors (Lipinski definition) is 4. The highest BCUT2D eigenvalue weighted by Gasteiger charge is 2.12. The Morgan fingerprint density at radius 1 is 1.18 bits per heavy atom. The van der Waals surface area contributed by atoms with Gasteiger partial charge in [-0.05, 0) is 37.6 Å². The molecule has 114 valence electrons. The summed E-state index contributed by atoms with van der Waals surface area (Å²) in [4.78, 5) is 22.8. The highest BCUT2D eigenvalue weighted by atomic mass is 16.3. The van der Waals surface area contributed by atoms with Crippen molar-refractivity contribution in [2.24, 2.45) is 5.10 Å². The number of carbonyl (C=O) groups excluding carboxylic acids is 2. The zero-order valence-electron chi connectivity index (χ0n) is 12.6. The average Bonchev–Trinajstić information content (AvgIpc) is 2.79. The first-order valence-corrected chi connectivity index (χ1v) is 6.74. The van der Waals surface area contributed by atoms with Crippen LogP contribution in [0.15, 0.2) is 39.9 Å². The Bertz CT molecular complexity index is 715. The normalized spacial score (nSPS) is 10.7. The molecular weight excluding hydrogens is 282 g/mol. The largest absolute Gasteiger partial charge is 0.466 e. The number of nitrogens with one attached hydrogen (secondary N) is 2. The molecule has 0 unspecified atom stereocenters. The molecular formula is C16H17N3O3. The number of amides is 2. The molecule has 0 spiro atoms. The molecule has 6 nitrogen and oxygen atoms in total. The van der Waals surface area contributed by atoms with Crippen molar-refractivity contribution in [3.63, 3.8) is 0 Å². The van der Waals surface area contributed by atoms with Crippen molar-refractivity contribution in [1.29, 1.82) is 0 Å². The van der Waals surface area contributed by atoms with E-state index in [1.807, 2.05) is 0 Å². The quantitative estimate of drug-likeness (QED) is 0.672. The summed E-state index contributed by atoms with van der Waals surface area (Å²) in [6.45, 7) is 4.96. The van der Waals surface area contributed by atoms with E-state index in [4.69, 9.17) is 4.42 Å². The molecule has 2 aromatic rings. The van der Waals surface area contributed by atoms with Gasteiger partial charge in [0.1, 0.15) is 11.5 Å². The molecule has 0 atom stereocenters. The topological polar surface area (TPSA) is 83.7 Å². The molecule has 0 saturated carbocycles. The molecule has 2 rings (SSSR count). The average molecular weight is 299 g/mol. The number of anilines is 1. The van der Waals surface area contributed by atoms with Crippen molar-refractivity contribution in [3.8, 4) is 0 Å². The second-order valence-corrected chi connectivity index (χ2v) is 4.83. The van der Waals surface area contributed by atoms with Crippen molar-refractivity contribution < 1.29 is 14.0 Å². The van der Waals surface area contributed by atoms with Crippen molar-refractivity contribution in [2.45, 2.75) is 20.8 Å². The molecule has 0 bridgehead atoms. The van der Waals surface area contributed by atoms with E-state index >= 15 is 0 Å². The third-order valence-corrected chi connectivity index (χ3v) is 2.90. The van der Waals surface area contributed by atoms with Crippen LogP contribution in [0.2, 0.25) is 0 Å². The molecule has 0 aliphatic heterocycles. The Balaban J connectivity index is 1.96. The lowest BCUT2D eigenvalue weighted by Crippen LogP contribution is -2.17. The van der Waals surface area contributed by atoms with Crippen LogP contribution in [0, 0.1) is 13.8 Å². The lowest BCUT2D eigenvalue weighted by molar-refractivity contribution is -0.114. The minimum absolute atomic E-state index is 0.126. The van der Waals surface area contributed by atoms with Gasteiger partial charge in [-0.2, -0.15) is 5.10 Å². The Hall–Kier alpha value is -2.89. The van der Waals surface area contributed by atoms with Crippen LogP contribution < -0.4 is 10.7 Å². The molecule has 1 heterocycles. The summed E-state index contributed by atoms with van der Waals surface area (Å²) in [5.74, 6) is 0.796. The second-order valence-electron chi connectivity index (χ2n) is 4.83. The number of rotatable bonds is 4. The minimum Gasteiger partial charge on any atom is -0.466 e. The third kappa shape index (κ3) is 4.05. The fourth-order valence-corrected chi connectivity index (χ4v) is 1.94. The Morgan fingerprint density at radius 3 is 2.41 bits per heavy atom. The zero-order chi connectivity index (χ0) is 16.1. The summed E-state index contributed by atoms with van der Waals surface area (Å²) >= 11 is 0. The van der Waals surface area contributed by atoms with E-state index in [1.165, 1.54) is 13.1 Å². The molecule has 0 aliphatic rings. The van der Waals surface area contributed by atoms with Crippen molar-refractivity contribution in [1.82, 2.24) is 5.43 Å². The van der Waals surface area contributed by atoms with Gasteiger partial charge in [0, 0.05) is 12.6 Å². The van der Waals surface area contributed by atoms with E-state index in [2.05, 4.69) is 15.8 Å². The highest BCUT2D eigenvalue weighted by molar-refractivity contribution is 5.96. The van der Waals surface area contributed by atoms with Crippen LogP contribution in [0.5, 0.6) is 0 Å². The fourth-order valence-electron chi connectivity index (χ4n) is 1.94. The van der Waals surface area contributed by atoms with E-state index < -0.39 is 0 Å². The first kappa shape index (κ1) is 15.5. The van der Waals surface area contributed by atoms with Crippen LogP contribution in [-0.4, -0.2) is 18.0 Å².